The maximum absolute atomic E-state index is 15.0. The minimum atomic E-state index is -0.436. The molecule has 0 saturated heterocycles. The van der Waals surface area contributed by atoms with Gasteiger partial charge in [-0.15, -0.1) is 5.10 Å². The van der Waals surface area contributed by atoms with E-state index in [-0.39, 0.29) is 35.2 Å². The van der Waals surface area contributed by atoms with Gasteiger partial charge >= 0.3 is 5.97 Å². The molecule has 1 aromatic carbocycles. The fourth-order valence-corrected chi connectivity index (χ4v) is 9.46. The van der Waals surface area contributed by atoms with Crippen LogP contribution in [-0.4, -0.2) is 33.9 Å². The average molecular weight is 504 g/mol. The first-order valence-corrected chi connectivity index (χ1v) is 14.4. The highest BCUT2D eigenvalue weighted by atomic mass is 16.5. The van der Waals surface area contributed by atoms with Crippen LogP contribution in [0, 0.1) is 59.2 Å². The highest BCUT2D eigenvalue weighted by molar-refractivity contribution is 5.92. The summed E-state index contributed by atoms with van der Waals surface area (Å²) >= 11 is 0. The molecule has 0 spiro atoms. The third kappa shape index (κ3) is 3.64. The van der Waals surface area contributed by atoms with Crippen LogP contribution in [0.15, 0.2) is 24.3 Å². The molecule has 4 saturated carbocycles. The fraction of sp³-hybridized carbons (Fsp3) is 0.677. The molecular weight excluding hydrogens is 462 g/mol. The number of para-hydroxylation sites is 1. The third-order valence-electron chi connectivity index (χ3n) is 11.4. The molecule has 0 amide bonds. The number of aromatic nitrogens is 3. The molecule has 4 aliphatic rings. The van der Waals surface area contributed by atoms with Crippen molar-refractivity contribution in [1.82, 2.24) is 15.0 Å². The monoisotopic (exact) mass is 503 g/mol. The first-order chi connectivity index (χ1) is 17.8. The van der Waals surface area contributed by atoms with Gasteiger partial charge in [0.25, 0.3) is 0 Å². The number of hydrogen-bond donors (Lipinski definition) is 0. The summed E-state index contributed by atoms with van der Waals surface area (Å²) in [5.41, 5.74) is 1.49. The molecule has 1 aromatic heterocycles. The molecule has 1 heterocycles. The molecule has 37 heavy (non-hydrogen) atoms. The zero-order valence-electron chi connectivity index (χ0n) is 22.7. The van der Waals surface area contributed by atoms with Crippen molar-refractivity contribution < 1.29 is 14.3 Å². The van der Waals surface area contributed by atoms with Crippen LogP contribution in [0.3, 0.4) is 0 Å². The third-order valence-corrected chi connectivity index (χ3v) is 11.4. The molecule has 6 heteroatoms. The normalized spacial score (nSPS) is 40.1. The lowest BCUT2D eigenvalue weighted by Gasteiger charge is -2.62. The number of fused-ring (bicyclic) bond motifs is 6. The number of carbonyl (C=O) groups excluding carboxylic acids is 2. The van der Waals surface area contributed by atoms with Gasteiger partial charge in [-0.05, 0) is 111 Å². The van der Waals surface area contributed by atoms with Crippen LogP contribution in [-0.2, 0) is 14.3 Å². The summed E-state index contributed by atoms with van der Waals surface area (Å²) < 4.78 is 6.93. The Balaban J connectivity index is 1.45. The molecule has 6 rings (SSSR count). The number of Topliss-reactive ketones (excluding diaryl/α,β-unsaturated/α-hetero) is 1. The molecule has 0 N–H and O–H groups in total. The summed E-state index contributed by atoms with van der Waals surface area (Å²) in [6, 6.07) is 7.77. The van der Waals surface area contributed by atoms with Gasteiger partial charge in [-0.3, -0.25) is 9.59 Å². The van der Waals surface area contributed by atoms with Gasteiger partial charge in [0.15, 0.2) is 5.78 Å². The summed E-state index contributed by atoms with van der Waals surface area (Å²) in [5, 5.41) is 9.18. The first kappa shape index (κ1) is 25.1. The zero-order chi connectivity index (χ0) is 25.9. The van der Waals surface area contributed by atoms with E-state index in [2.05, 4.69) is 50.0 Å². The summed E-state index contributed by atoms with van der Waals surface area (Å²) in [6.45, 7) is 6.97. The van der Waals surface area contributed by atoms with Crippen LogP contribution in [0.5, 0.6) is 0 Å². The number of nitrogens with zero attached hydrogens (tertiary/aromatic N) is 3. The summed E-state index contributed by atoms with van der Waals surface area (Å²) in [6.07, 6.45) is 12.9. The molecule has 4 fully saturated rings. The second kappa shape index (κ2) is 9.20. The minimum absolute atomic E-state index is 0.109. The van der Waals surface area contributed by atoms with Crippen molar-refractivity contribution >= 4 is 22.8 Å². The second-order valence-corrected chi connectivity index (χ2v) is 12.8. The number of carbonyl (C=O) groups is 2. The molecule has 9 atom stereocenters. The Kier molecular flexibility index (Phi) is 6.23. The number of ether oxygens (including phenoxy) is 1. The smallest absolute Gasteiger partial charge is 0.305 e. The Morgan fingerprint density at radius 3 is 2.84 bits per heavy atom. The van der Waals surface area contributed by atoms with E-state index in [9.17, 15) is 4.79 Å². The fourth-order valence-electron chi connectivity index (χ4n) is 9.46. The highest BCUT2D eigenvalue weighted by Gasteiger charge is 2.67. The van der Waals surface area contributed by atoms with Crippen molar-refractivity contribution in [2.75, 3.05) is 7.11 Å². The highest BCUT2D eigenvalue weighted by Crippen LogP contribution is 2.69. The van der Waals surface area contributed by atoms with Gasteiger partial charge in [0.1, 0.15) is 11.6 Å². The van der Waals surface area contributed by atoms with Crippen LogP contribution in [0.2, 0.25) is 0 Å². The Bertz CT molecular complexity index is 1190. The molecule has 0 aliphatic heterocycles. The summed E-state index contributed by atoms with van der Waals surface area (Å²) in [5.74, 6) is 2.30. The number of benzene rings is 1. The van der Waals surface area contributed by atoms with Crippen LogP contribution < -0.4 is 0 Å². The lowest BCUT2D eigenvalue weighted by atomic mass is 9.43. The average Bonchev–Trinajstić information content (AvgIpc) is 3.49. The Morgan fingerprint density at radius 2 is 2.03 bits per heavy atom. The van der Waals surface area contributed by atoms with E-state index in [1.54, 1.807) is 0 Å². The maximum Gasteiger partial charge on any atom is 0.305 e. The number of esters is 1. The van der Waals surface area contributed by atoms with Gasteiger partial charge in [-0.25, -0.2) is 4.68 Å². The molecular formula is C31H41N3O3. The van der Waals surface area contributed by atoms with Crippen LogP contribution in [0.25, 0.3) is 11.0 Å². The SMILES string of the molecule is COC(=O)CC[C@@H](C)C1CCC2C3[CH]C[C@@H]4C[CH]CC[C@]4(C)C3[C@H](n3nnc4ccccc43)C(=O)[C@@]21C. The molecule has 2 radical (unpaired) electrons. The Labute approximate surface area is 220 Å². The predicted molar refractivity (Wildman–Crippen MR) is 142 cm³/mol. The van der Waals surface area contributed by atoms with E-state index in [1.165, 1.54) is 7.11 Å². The van der Waals surface area contributed by atoms with Crippen molar-refractivity contribution in [2.24, 2.45) is 46.3 Å². The minimum Gasteiger partial charge on any atom is -0.469 e. The van der Waals surface area contributed by atoms with Crippen molar-refractivity contribution in [3.05, 3.63) is 37.1 Å². The number of hydrogen-bond acceptors (Lipinski definition) is 5. The second-order valence-electron chi connectivity index (χ2n) is 12.8. The van der Waals surface area contributed by atoms with E-state index in [1.807, 2.05) is 22.9 Å². The lowest BCUT2D eigenvalue weighted by Crippen LogP contribution is -2.61. The summed E-state index contributed by atoms with van der Waals surface area (Å²) in [7, 11) is 1.45. The van der Waals surface area contributed by atoms with E-state index >= 15 is 4.79 Å². The predicted octanol–water partition coefficient (Wildman–Crippen LogP) is 6.03. The van der Waals surface area contributed by atoms with Crippen molar-refractivity contribution in [2.45, 2.75) is 78.2 Å². The topological polar surface area (TPSA) is 74.1 Å². The molecule has 198 valence electrons. The Morgan fingerprint density at radius 1 is 1.22 bits per heavy atom. The summed E-state index contributed by atoms with van der Waals surface area (Å²) in [4.78, 5) is 27.0. The number of ketones is 1. The molecule has 2 aromatic rings. The first-order valence-electron chi connectivity index (χ1n) is 14.4. The van der Waals surface area contributed by atoms with Gasteiger partial charge in [0.2, 0.25) is 0 Å². The van der Waals surface area contributed by atoms with E-state index in [4.69, 9.17) is 4.74 Å². The van der Waals surface area contributed by atoms with Crippen LogP contribution >= 0.6 is 0 Å². The van der Waals surface area contributed by atoms with Gasteiger partial charge in [0, 0.05) is 11.8 Å². The van der Waals surface area contributed by atoms with Crippen LogP contribution in [0.1, 0.15) is 78.2 Å². The molecule has 0 bridgehead atoms. The maximum atomic E-state index is 15.0. The number of methoxy groups -OCH3 is 1. The van der Waals surface area contributed by atoms with E-state index in [0.29, 0.717) is 30.0 Å². The van der Waals surface area contributed by atoms with Gasteiger partial charge in [0.05, 0.1) is 12.6 Å². The van der Waals surface area contributed by atoms with Gasteiger partial charge in [-0.1, -0.05) is 38.1 Å². The van der Waals surface area contributed by atoms with E-state index < -0.39 is 5.41 Å². The van der Waals surface area contributed by atoms with Gasteiger partial charge < -0.3 is 4.74 Å². The number of rotatable bonds is 5. The largest absolute Gasteiger partial charge is 0.469 e. The quantitative estimate of drug-likeness (QED) is 0.466. The van der Waals surface area contributed by atoms with Crippen molar-refractivity contribution in [3.63, 3.8) is 0 Å². The standard InChI is InChI=1S/C31H41N3O3/c1-19(12-17-26(35)37-4)22-15-16-23-21-14-13-20-9-7-8-18-30(20,2)27(21)28(29(36)31(22,23)3)34-25-11-6-5-10-24(25)32-33-34/h5-7,10-11,14,19-23,27-28H,8-9,12-13,15-18H2,1-4H3/t19-,20+,21?,22?,23?,27?,28+,30+,31-/m1/s1. The van der Waals surface area contributed by atoms with Gasteiger partial charge in [-0.2, -0.15) is 0 Å². The van der Waals surface area contributed by atoms with E-state index in [0.717, 1.165) is 56.0 Å². The zero-order valence-corrected chi connectivity index (χ0v) is 22.7. The Hall–Kier alpha value is -2.24. The van der Waals surface area contributed by atoms with Crippen molar-refractivity contribution in [1.29, 1.82) is 0 Å². The van der Waals surface area contributed by atoms with Crippen molar-refractivity contribution in [3.8, 4) is 0 Å². The molecule has 6 nitrogen and oxygen atoms in total. The molecule has 4 aliphatic carbocycles. The lowest BCUT2D eigenvalue weighted by molar-refractivity contribution is -0.162. The van der Waals surface area contributed by atoms with Crippen LogP contribution in [0.4, 0.5) is 0 Å². The molecule has 4 unspecified atom stereocenters.